The van der Waals surface area contributed by atoms with Gasteiger partial charge in [0, 0.05) is 0 Å². The van der Waals surface area contributed by atoms with Crippen molar-refractivity contribution in [2.45, 2.75) is 13.8 Å². The molecule has 1 aromatic carbocycles. The van der Waals surface area contributed by atoms with Crippen LogP contribution in [-0.2, 0) is 9.53 Å². The fourth-order valence-electron chi connectivity index (χ4n) is 1.39. The normalized spacial score (nSPS) is 11.1. The number of carbonyl (C=O) groups excluding carboxylic acids is 1. The molecule has 0 spiro atoms. The molecule has 0 aromatic heterocycles. The molecule has 0 unspecified atom stereocenters. The lowest BCUT2D eigenvalue weighted by Gasteiger charge is -2.11. The first-order valence-electron chi connectivity index (χ1n) is 6.14. The molecule has 4 nitrogen and oxygen atoms in total. The van der Waals surface area contributed by atoms with Crippen molar-refractivity contribution in [3.8, 4) is 11.5 Å². The van der Waals surface area contributed by atoms with Crippen LogP contribution in [0.4, 0.5) is 4.39 Å². The highest BCUT2D eigenvalue weighted by molar-refractivity contribution is 9.09. The predicted octanol–water partition coefficient (Wildman–Crippen LogP) is 3.45. The maximum Gasteiger partial charge on any atom is 0.334 e. The molecule has 6 heteroatoms. The fraction of sp³-hybridized carbons (Fsp3) is 0.357. The van der Waals surface area contributed by atoms with Crippen molar-refractivity contribution < 1.29 is 23.4 Å². The molecule has 1 aromatic rings. The van der Waals surface area contributed by atoms with Gasteiger partial charge in [0.2, 0.25) is 5.82 Å². The van der Waals surface area contributed by atoms with Crippen LogP contribution in [0.15, 0.2) is 30.0 Å². The Bertz CT molecular complexity index is 488. The van der Waals surface area contributed by atoms with E-state index in [1.807, 2.05) is 0 Å². The van der Waals surface area contributed by atoms with E-state index < -0.39 is 11.8 Å². The van der Waals surface area contributed by atoms with Crippen molar-refractivity contribution >= 4 is 21.9 Å². The summed E-state index contributed by atoms with van der Waals surface area (Å²) in [4.78, 5) is 11.3. The van der Waals surface area contributed by atoms with Crippen molar-refractivity contribution in [1.82, 2.24) is 0 Å². The van der Waals surface area contributed by atoms with E-state index in [9.17, 15) is 9.18 Å². The minimum atomic E-state index is -0.606. The maximum atomic E-state index is 14.0. The van der Waals surface area contributed by atoms with Gasteiger partial charge in [0.05, 0.1) is 24.6 Å². The second kappa shape index (κ2) is 8.58. The van der Waals surface area contributed by atoms with E-state index in [1.54, 1.807) is 19.9 Å². The summed E-state index contributed by atoms with van der Waals surface area (Å²) in [5.74, 6) is -0.801. The quantitative estimate of drug-likeness (QED) is 0.328. The third-order valence-electron chi connectivity index (χ3n) is 2.17. The lowest BCUT2D eigenvalue weighted by Crippen LogP contribution is -2.06. The van der Waals surface area contributed by atoms with Gasteiger partial charge < -0.3 is 14.2 Å². The van der Waals surface area contributed by atoms with Crippen LogP contribution in [0.25, 0.3) is 0 Å². The van der Waals surface area contributed by atoms with E-state index in [0.717, 1.165) is 0 Å². The lowest BCUT2D eigenvalue weighted by atomic mass is 10.3. The van der Waals surface area contributed by atoms with Gasteiger partial charge in [-0.2, -0.15) is 4.39 Å². The van der Waals surface area contributed by atoms with Gasteiger partial charge in [0.1, 0.15) is 5.76 Å². The number of rotatable bonds is 7. The number of benzene rings is 1. The number of hydrogen-bond acceptors (Lipinski definition) is 4. The molecule has 0 atom stereocenters. The van der Waals surface area contributed by atoms with Gasteiger partial charge >= 0.3 is 5.97 Å². The zero-order valence-electron chi connectivity index (χ0n) is 11.3. The average Bonchev–Trinajstić information content (AvgIpc) is 2.42. The maximum absolute atomic E-state index is 14.0. The van der Waals surface area contributed by atoms with E-state index >= 15 is 0 Å². The Morgan fingerprint density at radius 3 is 2.60 bits per heavy atom. The van der Waals surface area contributed by atoms with Gasteiger partial charge in [0.15, 0.2) is 11.5 Å². The van der Waals surface area contributed by atoms with Crippen LogP contribution in [0, 0.1) is 5.82 Å². The van der Waals surface area contributed by atoms with E-state index in [0.29, 0.717) is 6.61 Å². The second-order valence-corrected chi connectivity index (χ2v) is 4.16. The molecule has 20 heavy (non-hydrogen) atoms. The topological polar surface area (TPSA) is 44.8 Å². The first kappa shape index (κ1) is 16.5. The van der Waals surface area contributed by atoms with Crippen molar-refractivity contribution in [2.75, 3.05) is 18.5 Å². The standard InChI is InChI=1S/C14H16BrFO4/c1-3-18-11-6-5-7-12(14(11)16)20-10(9-15)8-13(17)19-4-2/h5-8H,3-4,9H2,1-2H3. The Morgan fingerprint density at radius 1 is 1.30 bits per heavy atom. The molecule has 0 aliphatic rings. The molecule has 0 bridgehead atoms. The van der Waals surface area contributed by atoms with Gasteiger partial charge in [-0.3, -0.25) is 0 Å². The number of carbonyl (C=O) groups is 1. The van der Waals surface area contributed by atoms with Crippen molar-refractivity contribution in [3.05, 3.63) is 35.9 Å². The third-order valence-corrected chi connectivity index (χ3v) is 2.72. The van der Waals surface area contributed by atoms with E-state index in [2.05, 4.69) is 15.9 Å². The van der Waals surface area contributed by atoms with Crippen LogP contribution >= 0.6 is 15.9 Å². The van der Waals surface area contributed by atoms with Gasteiger partial charge in [-0.25, -0.2) is 4.79 Å². The Balaban J connectivity index is 2.90. The molecule has 0 heterocycles. The molecule has 0 aliphatic carbocycles. The van der Waals surface area contributed by atoms with Crippen LogP contribution < -0.4 is 9.47 Å². The summed E-state index contributed by atoms with van der Waals surface area (Å²) in [6.07, 6.45) is 1.17. The average molecular weight is 347 g/mol. The Labute approximate surface area is 125 Å². The summed E-state index contributed by atoms with van der Waals surface area (Å²) in [5.41, 5.74) is 0. The third kappa shape index (κ3) is 4.85. The molecule has 1 rings (SSSR count). The Kier molecular flexibility index (Phi) is 7.08. The van der Waals surface area contributed by atoms with Crippen LogP contribution in [0.2, 0.25) is 0 Å². The Morgan fingerprint density at radius 2 is 2.00 bits per heavy atom. The largest absolute Gasteiger partial charge is 0.491 e. The predicted molar refractivity (Wildman–Crippen MR) is 76.7 cm³/mol. The molecule has 0 amide bonds. The van der Waals surface area contributed by atoms with Gasteiger partial charge in [0.25, 0.3) is 0 Å². The summed E-state index contributed by atoms with van der Waals surface area (Å²) in [7, 11) is 0. The van der Waals surface area contributed by atoms with Crippen LogP contribution in [-0.4, -0.2) is 24.5 Å². The van der Waals surface area contributed by atoms with E-state index in [-0.39, 0.29) is 29.2 Å². The minimum Gasteiger partial charge on any atom is -0.491 e. The smallest absolute Gasteiger partial charge is 0.334 e. The highest BCUT2D eigenvalue weighted by Crippen LogP contribution is 2.28. The van der Waals surface area contributed by atoms with Gasteiger partial charge in [-0.15, -0.1) is 0 Å². The molecule has 0 radical (unpaired) electrons. The molecule has 0 saturated carbocycles. The van der Waals surface area contributed by atoms with Gasteiger partial charge in [-0.1, -0.05) is 22.0 Å². The summed E-state index contributed by atoms with van der Waals surface area (Å²) in [6.45, 7) is 4.08. The molecule has 0 saturated heterocycles. The number of ether oxygens (including phenoxy) is 3. The van der Waals surface area contributed by atoms with Crippen molar-refractivity contribution in [3.63, 3.8) is 0 Å². The zero-order chi connectivity index (χ0) is 15.0. The number of esters is 1. The summed E-state index contributed by atoms with van der Waals surface area (Å²) in [6, 6.07) is 4.58. The Hall–Kier alpha value is -1.56. The number of allylic oxidation sites excluding steroid dienone is 1. The first-order valence-corrected chi connectivity index (χ1v) is 7.26. The number of hydrogen-bond donors (Lipinski definition) is 0. The summed E-state index contributed by atoms with van der Waals surface area (Å²) >= 11 is 3.17. The molecule has 110 valence electrons. The first-order chi connectivity index (χ1) is 9.62. The van der Waals surface area contributed by atoms with Crippen molar-refractivity contribution in [1.29, 1.82) is 0 Å². The number of halogens is 2. The van der Waals surface area contributed by atoms with Crippen LogP contribution in [0.3, 0.4) is 0 Å². The molecular weight excluding hydrogens is 331 g/mol. The van der Waals surface area contributed by atoms with Gasteiger partial charge in [-0.05, 0) is 26.0 Å². The molecular formula is C14H16BrFO4. The zero-order valence-corrected chi connectivity index (χ0v) is 12.9. The highest BCUT2D eigenvalue weighted by atomic mass is 79.9. The molecule has 0 N–H and O–H groups in total. The lowest BCUT2D eigenvalue weighted by molar-refractivity contribution is -0.137. The van der Waals surface area contributed by atoms with Crippen LogP contribution in [0.5, 0.6) is 11.5 Å². The van der Waals surface area contributed by atoms with E-state index in [1.165, 1.54) is 18.2 Å². The van der Waals surface area contributed by atoms with E-state index in [4.69, 9.17) is 14.2 Å². The second-order valence-electron chi connectivity index (χ2n) is 3.60. The molecule has 0 aliphatic heterocycles. The van der Waals surface area contributed by atoms with Crippen molar-refractivity contribution in [2.24, 2.45) is 0 Å². The highest BCUT2D eigenvalue weighted by Gasteiger charge is 2.12. The summed E-state index contributed by atoms with van der Waals surface area (Å²) in [5, 5.41) is 0.254. The number of alkyl halides is 1. The minimum absolute atomic E-state index is 0.00838. The fourth-order valence-corrected chi connectivity index (χ4v) is 1.66. The monoisotopic (exact) mass is 346 g/mol. The molecule has 0 fully saturated rings. The summed E-state index contributed by atoms with van der Waals surface area (Å²) < 4.78 is 29.3. The van der Waals surface area contributed by atoms with Crippen LogP contribution in [0.1, 0.15) is 13.8 Å². The SMILES string of the molecule is CCOC(=O)C=C(CBr)Oc1cccc(OCC)c1F.